The molecule has 1 rings (SSSR count). The van der Waals surface area contributed by atoms with E-state index in [0.29, 0.717) is 13.1 Å². The van der Waals surface area contributed by atoms with Gasteiger partial charge in [0.1, 0.15) is 5.60 Å². The zero-order valence-electron chi connectivity index (χ0n) is 12.8. The number of carboxylic acids is 1. The highest BCUT2D eigenvalue weighted by Gasteiger charge is 2.28. The van der Waals surface area contributed by atoms with Gasteiger partial charge in [0.2, 0.25) is 5.91 Å². The summed E-state index contributed by atoms with van der Waals surface area (Å²) >= 11 is 0. The minimum Gasteiger partial charge on any atom is -0.481 e. The average Bonchev–Trinajstić information content (AvgIpc) is 2.34. The van der Waals surface area contributed by atoms with Crippen molar-refractivity contribution in [2.45, 2.75) is 58.1 Å². The van der Waals surface area contributed by atoms with Gasteiger partial charge in [-0.2, -0.15) is 0 Å². The normalized spacial score (nSPS) is 19.0. The summed E-state index contributed by atoms with van der Waals surface area (Å²) in [5.74, 6) is -1.29. The third-order valence-corrected chi connectivity index (χ3v) is 3.00. The number of nitrogens with one attached hydrogen (secondary N) is 1. The number of carboxylic acid groups (broad SMARTS) is 1. The molecule has 2 N–H and O–H groups in total. The molecule has 0 aliphatic carbocycles. The van der Waals surface area contributed by atoms with Gasteiger partial charge in [-0.25, -0.2) is 4.79 Å². The molecular formula is C14H24N2O5. The van der Waals surface area contributed by atoms with Crippen LogP contribution in [0.2, 0.25) is 0 Å². The van der Waals surface area contributed by atoms with Crippen molar-refractivity contribution in [1.82, 2.24) is 10.2 Å². The highest BCUT2D eigenvalue weighted by atomic mass is 16.6. The highest BCUT2D eigenvalue weighted by molar-refractivity contribution is 5.80. The number of piperidine rings is 1. The number of rotatable bonds is 4. The molecule has 0 spiro atoms. The quantitative estimate of drug-likeness (QED) is 0.817. The van der Waals surface area contributed by atoms with E-state index in [1.54, 1.807) is 25.7 Å². The molecule has 0 bridgehead atoms. The molecule has 1 aliphatic rings. The summed E-state index contributed by atoms with van der Waals surface area (Å²) in [6.45, 7) is 6.42. The smallest absolute Gasteiger partial charge is 0.410 e. The largest absolute Gasteiger partial charge is 0.481 e. The van der Waals surface area contributed by atoms with E-state index in [2.05, 4.69) is 5.32 Å². The van der Waals surface area contributed by atoms with Crippen LogP contribution in [0.5, 0.6) is 0 Å². The molecule has 1 aliphatic heterocycles. The van der Waals surface area contributed by atoms with Crippen LogP contribution in [0.4, 0.5) is 4.79 Å². The third kappa shape index (κ3) is 6.97. The molecule has 1 atom stereocenters. The SMILES string of the molecule is CC(C)(C)OC(=O)N1CCC[C@@H](NC(=O)CCC(=O)O)C1. The van der Waals surface area contributed by atoms with Gasteiger partial charge in [0, 0.05) is 25.6 Å². The second-order valence-electron chi connectivity index (χ2n) is 6.23. The van der Waals surface area contributed by atoms with Crippen molar-refractivity contribution in [2.24, 2.45) is 0 Å². The van der Waals surface area contributed by atoms with E-state index < -0.39 is 11.6 Å². The van der Waals surface area contributed by atoms with Gasteiger partial charge in [-0.3, -0.25) is 9.59 Å². The Kier molecular flexibility index (Phi) is 5.99. The zero-order valence-corrected chi connectivity index (χ0v) is 12.8. The first-order valence-corrected chi connectivity index (χ1v) is 7.16. The first-order chi connectivity index (χ1) is 9.67. The summed E-state index contributed by atoms with van der Waals surface area (Å²) in [6, 6.07) is -0.146. The van der Waals surface area contributed by atoms with Crippen LogP contribution in [-0.4, -0.2) is 52.7 Å². The van der Waals surface area contributed by atoms with Crippen molar-refractivity contribution in [3.05, 3.63) is 0 Å². The number of hydrogen-bond acceptors (Lipinski definition) is 4. The molecular weight excluding hydrogens is 276 g/mol. The fourth-order valence-electron chi connectivity index (χ4n) is 2.11. The van der Waals surface area contributed by atoms with Crippen LogP contribution in [-0.2, 0) is 14.3 Å². The van der Waals surface area contributed by atoms with Crippen LogP contribution in [0, 0.1) is 0 Å². The number of nitrogens with zero attached hydrogens (tertiary/aromatic N) is 1. The molecule has 0 aromatic rings. The maximum absolute atomic E-state index is 12.0. The number of amides is 2. The van der Waals surface area contributed by atoms with Crippen LogP contribution in [0.1, 0.15) is 46.5 Å². The molecule has 7 nitrogen and oxygen atoms in total. The molecule has 0 radical (unpaired) electrons. The zero-order chi connectivity index (χ0) is 16.0. The maximum atomic E-state index is 12.0. The molecule has 0 saturated carbocycles. The van der Waals surface area contributed by atoms with E-state index in [9.17, 15) is 14.4 Å². The van der Waals surface area contributed by atoms with E-state index in [-0.39, 0.29) is 30.9 Å². The lowest BCUT2D eigenvalue weighted by molar-refractivity contribution is -0.139. The first kappa shape index (κ1) is 17.3. The van der Waals surface area contributed by atoms with Gasteiger partial charge in [-0.05, 0) is 33.6 Å². The number of carbonyl (C=O) groups is 3. The lowest BCUT2D eigenvalue weighted by Crippen LogP contribution is -2.50. The monoisotopic (exact) mass is 300 g/mol. The summed E-state index contributed by atoms with van der Waals surface area (Å²) < 4.78 is 5.31. The standard InChI is InChI=1S/C14H24N2O5/c1-14(2,3)21-13(20)16-8-4-5-10(9-16)15-11(17)6-7-12(18)19/h10H,4-9H2,1-3H3,(H,15,17)(H,18,19)/t10-/m1/s1. The maximum Gasteiger partial charge on any atom is 0.410 e. The number of likely N-dealkylation sites (tertiary alicyclic amines) is 1. The molecule has 0 aromatic heterocycles. The van der Waals surface area contributed by atoms with Gasteiger partial charge >= 0.3 is 12.1 Å². The van der Waals surface area contributed by atoms with Crippen molar-refractivity contribution >= 4 is 18.0 Å². The fraction of sp³-hybridized carbons (Fsp3) is 0.786. The predicted octanol–water partition coefficient (Wildman–Crippen LogP) is 1.37. The van der Waals surface area contributed by atoms with Gasteiger partial charge in [-0.1, -0.05) is 0 Å². The molecule has 1 heterocycles. The molecule has 1 saturated heterocycles. The van der Waals surface area contributed by atoms with Crippen molar-refractivity contribution in [3.63, 3.8) is 0 Å². The van der Waals surface area contributed by atoms with E-state index in [1.807, 2.05) is 0 Å². The third-order valence-electron chi connectivity index (χ3n) is 3.00. The summed E-state index contributed by atoms with van der Waals surface area (Å²) in [5, 5.41) is 11.3. The minimum atomic E-state index is -0.996. The minimum absolute atomic E-state index is 0.0434. The van der Waals surface area contributed by atoms with Crippen LogP contribution in [0.15, 0.2) is 0 Å². The van der Waals surface area contributed by atoms with E-state index in [0.717, 1.165) is 12.8 Å². The fourth-order valence-corrected chi connectivity index (χ4v) is 2.11. The molecule has 2 amide bonds. The Balaban J connectivity index is 2.43. The Labute approximate surface area is 124 Å². The number of carbonyl (C=O) groups excluding carboxylic acids is 2. The summed E-state index contributed by atoms with van der Waals surface area (Å²) in [7, 11) is 0. The first-order valence-electron chi connectivity index (χ1n) is 7.16. The van der Waals surface area contributed by atoms with Crippen molar-refractivity contribution < 1.29 is 24.2 Å². The Morgan fingerprint density at radius 1 is 1.29 bits per heavy atom. The van der Waals surface area contributed by atoms with Crippen LogP contribution < -0.4 is 5.32 Å². The molecule has 7 heteroatoms. The number of hydrogen-bond donors (Lipinski definition) is 2. The van der Waals surface area contributed by atoms with E-state index in [4.69, 9.17) is 9.84 Å². The van der Waals surface area contributed by atoms with Crippen molar-refractivity contribution in [3.8, 4) is 0 Å². The lowest BCUT2D eigenvalue weighted by atomic mass is 10.1. The van der Waals surface area contributed by atoms with E-state index in [1.165, 1.54) is 0 Å². The Morgan fingerprint density at radius 2 is 1.95 bits per heavy atom. The number of aliphatic carboxylic acids is 1. The van der Waals surface area contributed by atoms with Gasteiger partial charge < -0.3 is 20.1 Å². The molecule has 120 valence electrons. The van der Waals surface area contributed by atoms with E-state index >= 15 is 0 Å². The Morgan fingerprint density at radius 3 is 2.52 bits per heavy atom. The average molecular weight is 300 g/mol. The molecule has 0 unspecified atom stereocenters. The summed E-state index contributed by atoms with van der Waals surface area (Å²) in [5.41, 5.74) is -0.547. The summed E-state index contributed by atoms with van der Waals surface area (Å²) in [6.07, 6.45) is 0.945. The summed E-state index contributed by atoms with van der Waals surface area (Å²) in [4.78, 5) is 35.6. The van der Waals surface area contributed by atoms with Crippen molar-refractivity contribution in [2.75, 3.05) is 13.1 Å². The Hall–Kier alpha value is -1.79. The van der Waals surface area contributed by atoms with Crippen LogP contribution >= 0.6 is 0 Å². The second kappa shape index (κ2) is 7.28. The van der Waals surface area contributed by atoms with Gasteiger partial charge in [0.25, 0.3) is 0 Å². The highest BCUT2D eigenvalue weighted by Crippen LogP contribution is 2.15. The Bertz CT molecular complexity index is 403. The predicted molar refractivity (Wildman–Crippen MR) is 75.8 cm³/mol. The second-order valence-corrected chi connectivity index (χ2v) is 6.23. The molecule has 0 aromatic carbocycles. The van der Waals surface area contributed by atoms with Crippen molar-refractivity contribution in [1.29, 1.82) is 0 Å². The molecule has 21 heavy (non-hydrogen) atoms. The van der Waals surface area contributed by atoms with Crippen LogP contribution in [0.25, 0.3) is 0 Å². The van der Waals surface area contributed by atoms with Gasteiger partial charge in [0.15, 0.2) is 0 Å². The molecule has 1 fully saturated rings. The lowest BCUT2D eigenvalue weighted by Gasteiger charge is -2.34. The van der Waals surface area contributed by atoms with Crippen LogP contribution in [0.3, 0.4) is 0 Å². The topological polar surface area (TPSA) is 95.9 Å². The van der Waals surface area contributed by atoms with Gasteiger partial charge in [-0.15, -0.1) is 0 Å². The number of ether oxygens (including phenoxy) is 1. The van der Waals surface area contributed by atoms with Gasteiger partial charge in [0.05, 0.1) is 6.42 Å².